The van der Waals surface area contributed by atoms with Crippen molar-refractivity contribution in [2.24, 2.45) is 0 Å². The Kier molecular flexibility index (Phi) is 5.09. The molecule has 0 bridgehead atoms. The van der Waals surface area contributed by atoms with Gasteiger partial charge >= 0.3 is 0 Å². The average molecular weight is 460 g/mol. The number of benzene rings is 2. The molecule has 118 valence electrons. The van der Waals surface area contributed by atoms with Crippen LogP contribution in [-0.4, -0.2) is 0 Å². The topological polar surface area (TPSA) is 25.2 Å². The Morgan fingerprint density at radius 1 is 1.04 bits per heavy atom. The van der Waals surface area contributed by atoms with Gasteiger partial charge < -0.3 is 9.73 Å². The van der Waals surface area contributed by atoms with E-state index in [9.17, 15) is 4.39 Å². The highest BCUT2D eigenvalue weighted by Gasteiger charge is 2.09. The van der Waals surface area contributed by atoms with Crippen molar-refractivity contribution in [3.63, 3.8) is 0 Å². The van der Waals surface area contributed by atoms with E-state index in [-0.39, 0.29) is 5.02 Å². The van der Waals surface area contributed by atoms with E-state index in [2.05, 4.69) is 37.2 Å². The fraction of sp³-hybridized carbons (Fsp3) is 0.0588. The summed E-state index contributed by atoms with van der Waals surface area (Å²) in [5.74, 6) is 1.12. The fourth-order valence-electron chi connectivity index (χ4n) is 2.10. The summed E-state index contributed by atoms with van der Waals surface area (Å²) in [6, 6.07) is 14.2. The molecule has 1 aromatic heterocycles. The third kappa shape index (κ3) is 3.97. The van der Waals surface area contributed by atoms with Crippen molar-refractivity contribution in [3.05, 3.63) is 74.1 Å². The van der Waals surface area contributed by atoms with Gasteiger partial charge in [0.05, 0.1) is 11.6 Å². The van der Waals surface area contributed by atoms with E-state index in [1.54, 1.807) is 12.1 Å². The normalized spacial score (nSPS) is 10.8. The zero-order chi connectivity index (χ0) is 16.4. The molecule has 1 heterocycles. The molecule has 0 saturated carbocycles. The second kappa shape index (κ2) is 7.07. The summed E-state index contributed by atoms with van der Waals surface area (Å²) in [6.07, 6.45) is 0. The third-order valence-electron chi connectivity index (χ3n) is 3.24. The summed E-state index contributed by atoms with van der Waals surface area (Å²) in [5, 5.41) is 3.25. The highest BCUT2D eigenvalue weighted by Crippen LogP contribution is 2.32. The molecule has 6 heteroatoms. The lowest BCUT2D eigenvalue weighted by molar-refractivity contribution is 0.531. The second-order valence-corrected chi connectivity index (χ2v) is 7.05. The van der Waals surface area contributed by atoms with Crippen molar-refractivity contribution in [3.8, 4) is 11.3 Å². The van der Waals surface area contributed by atoms with Crippen LogP contribution in [0.25, 0.3) is 11.3 Å². The Morgan fingerprint density at radius 2 is 1.87 bits per heavy atom. The van der Waals surface area contributed by atoms with E-state index in [1.165, 1.54) is 6.07 Å². The zero-order valence-corrected chi connectivity index (χ0v) is 15.7. The summed E-state index contributed by atoms with van der Waals surface area (Å²) < 4.78 is 20.9. The predicted molar refractivity (Wildman–Crippen MR) is 98.3 cm³/mol. The third-order valence-corrected chi connectivity index (χ3v) is 4.68. The van der Waals surface area contributed by atoms with Crippen LogP contribution in [0.3, 0.4) is 0 Å². The first kappa shape index (κ1) is 16.6. The molecule has 0 unspecified atom stereocenters. The van der Waals surface area contributed by atoms with Crippen molar-refractivity contribution in [1.29, 1.82) is 0 Å². The van der Waals surface area contributed by atoms with Crippen LogP contribution in [0, 0.1) is 5.82 Å². The molecule has 23 heavy (non-hydrogen) atoms. The molecule has 2 nitrogen and oxygen atoms in total. The van der Waals surface area contributed by atoms with E-state index in [0.29, 0.717) is 6.54 Å². The first-order chi connectivity index (χ1) is 11.0. The van der Waals surface area contributed by atoms with Gasteiger partial charge in [-0.05, 0) is 64.5 Å². The Morgan fingerprint density at radius 3 is 2.61 bits per heavy atom. The molecule has 2 aromatic carbocycles. The molecule has 1 N–H and O–H groups in total. The molecule has 0 saturated heterocycles. The van der Waals surface area contributed by atoms with E-state index in [0.717, 1.165) is 31.7 Å². The number of furan rings is 1. The number of nitrogens with one attached hydrogen (secondary N) is 1. The van der Waals surface area contributed by atoms with Crippen LogP contribution in [0.15, 0.2) is 61.9 Å². The van der Waals surface area contributed by atoms with E-state index in [1.807, 2.05) is 30.3 Å². The molecule has 0 atom stereocenters. The summed E-state index contributed by atoms with van der Waals surface area (Å²) in [5.41, 5.74) is 1.71. The van der Waals surface area contributed by atoms with Crippen molar-refractivity contribution in [2.45, 2.75) is 6.54 Å². The van der Waals surface area contributed by atoms with E-state index in [4.69, 9.17) is 16.0 Å². The maximum Gasteiger partial charge on any atom is 0.141 e. The van der Waals surface area contributed by atoms with Crippen LogP contribution in [0.4, 0.5) is 10.1 Å². The Balaban J connectivity index is 1.73. The minimum atomic E-state index is -0.433. The molecule has 0 amide bonds. The minimum absolute atomic E-state index is 0.0916. The molecule has 0 spiro atoms. The van der Waals surface area contributed by atoms with Gasteiger partial charge in [0.25, 0.3) is 0 Å². The lowest BCUT2D eigenvalue weighted by Crippen LogP contribution is -1.98. The molecule has 3 rings (SSSR count). The van der Waals surface area contributed by atoms with Crippen LogP contribution in [0.1, 0.15) is 5.76 Å². The summed E-state index contributed by atoms with van der Waals surface area (Å²) in [4.78, 5) is 0. The zero-order valence-electron chi connectivity index (χ0n) is 11.7. The molecule has 0 aliphatic heterocycles. The van der Waals surface area contributed by atoms with Gasteiger partial charge in [0.2, 0.25) is 0 Å². The molecule has 0 fully saturated rings. The first-order valence-electron chi connectivity index (χ1n) is 6.76. The largest absolute Gasteiger partial charge is 0.459 e. The number of anilines is 1. The van der Waals surface area contributed by atoms with Crippen LogP contribution in [0.5, 0.6) is 0 Å². The van der Waals surface area contributed by atoms with Crippen molar-refractivity contribution < 1.29 is 8.81 Å². The lowest BCUT2D eigenvalue weighted by Gasteiger charge is -2.05. The Hall–Kier alpha value is -1.30. The summed E-state index contributed by atoms with van der Waals surface area (Å²) in [6.45, 7) is 0.482. The Bertz CT molecular complexity index is 850. The summed E-state index contributed by atoms with van der Waals surface area (Å²) >= 11 is 12.7. The average Bonchev–Trinajstić information content (AvgIpc) is 2.97. The maximum absolute atomic E-state index is 13.1. The molecule has 0 aliphatic carbocycles. The number of hydrogen-bond acceptors (Lipinski definition) is 2. The van der Waals surface area contributed by atoms with Gasteiger partial charge in [-0.2, -0.15) is 0 Å². The molecular weight excluding hydrogens is 448 g/mol. The predicted octanol–water partition coefficient (Wildman–Crippen LogP) is 6.88. The molecule has 0 aliphatic rings. The van der Waals surface area contributed by atoms with E-state index >= 15 is 0 Å². The van der Waals surface area contributed by atoms with Crippen molar-refractivity contribution >= 4 is 49.1 Å². The van der Waals surface area contributed by atoms with Gasteiger partial charge in [0, 0.05) is 20.2 Å². The minimum Gasteiger partial charge on any atom is -0.459 e. The molecular formula is C17H11Br2ClFNO. The lowest BCUT2D eigenvalue weighted by atomic mass is 10.2. The molecule has 0 radical (unpaired) electrons. The van der Waals surface area contributed by atoms with Gasteiger partial charge in [-0.15, -0.1) is 0 Å². The van der Waals surface area contributed by atoms with Gasteiger partial charge in [0.15, 0.2) is 0 Å². The molecule has 3 aromatic rings. The van der Waals surface area contributed by atoms with Gasteiger partial charge in [-0.25, -0.2) is 4.39 Å². The van der Waals surface area contributed by atoms with Gasteiger partial charge in [-0.3, -0.25) is 0 Å². The van der Waals surface area contributed by atoms with Crippen molar-refractivity contribution in [2.75, 3.05) is 5.32 Å². The monoisotopic (exact) mass is 457 g/mol. The number of halogens is 4. The highest BCUT2D eigenvalue weighted by atomic mass is 79.9. The first-order valence-corrected chi connectivity index (χ1v) is 8.72. The maximum atomic E-state index is 13.1. The smallest absolute Gasteiger partial charge is 0.141 e. The van der Waals surface area contributed by atoms with Crippen LogP contribution in [-0.2, 0) is 6.54 Å². The Labute approximate surface area is 154 Å². The van der Waals surface area contributed by atoms with Gasteiger partial charge in [-0.1, -0.05) is 27.5 Å². The number of rotatable bonds is 4. The highest BCUT2D eigenvalue weighted by molar-refractivity contribution is 9.11. The van der Waals surface area contributed by atoms with Gasteiger partial charge in [0.1, 0.15) is 17.3 Å². The standard InChI is InChI=1S/C17H11Br2ClFNO/c18-10-1-4-13(14(19)7-10)17-6-3-12(23-17)9-22-11-2-5-16(21)15(20)8-11/h1-8,22H,9H2. The summed E-state index contributed by atoms with van der Waals surface area (Å²) in [7, 11) is 0. The van der Waals surface area contributed by atoms with Crippen LogP contribution < -0.4 is 5.32 Å². The SMILES string of the molecule is Fc1ccc(NCc2ccc(-c3ccc(Br)cc3Br)o2)cc1Cl. The second-order valence-electron chi connectivity index (χ2n) is 4.87. The van der Waals surface area contributed by atoms with Crippen molar-refractivity contribution in [1.82, 2.24) is 0 Å². The number of hydrogen-bond donors (Lipinski definition) is 1. The van der Waals surface area contributed by atoms with E-state index < -0.39 is 5.82 Å². The van der Waals surface area contributed by atoms with Crippen LogP contribution in [0.2, 0.25) is 5.02 Å². The fourth-order valence-corrected chi connectivity index (χ4v) is 3.53. The van der Waals surface area contributed by atoms with Crippen LogP contribution >= 0.6 is 43.5 Å². The quantitative estimate of drug-likeness (QED) is 0.460.